The Morgan fingerprint density at radius 2 is 2.05 bits per heavy atom. The molecule has 106 valence electrons. The molecule has 0 spiro atoms. The minimum Gasteiger partial charge on any atom is -0.411 e. The molecule has 0 saturated heterocycles. The molecule has 2 unspecified atom stereocenters. The number of rotatable bonds is 8. The molecule has 1 rings (SSSR count). The Balaban J connectivity index is 2.62. The molecule has 0 amide bonds. The van der Waals surface area contributed by atoms with Gasteiger partial charge in [-0.05, 0) is 11.5 Å². The second kappa shape index (κ2) is 8.86. The summed E-state index contributed by atoms with van der Waals surface area (Å²) in [5.74, 6) is 0.298. The summed E-state index contributed by atoms with van der Waals surface area (Å²) >= 11 is 0. The minimum atomic E-state index is -2.55. The molecule has 6 heteroatoms. The van der Waals surface area contributed by atoms with Crippen LogP contribution in [0.4, 0.5) is 0 Å². The lowest BCUT2D eigenvalue weighted by Gasteiger charge is -2.16. The highest BCUT2D eigenvalue weighted by molar-refractivity contribution is 7.33. The van der Waals surface area contributed by atoms with Gasteiger partial charge in [0, 0.05) is 12.6 Å². The topological polar surface area (TPSA) is 68.1 Å². The summed E-state index contributed by atoms with van der Waals surface area (Å²) in [4.78, 5) is 0. The quantitative estimate of drug-likeness (QED) is 0.342. The van der Waals surface area contributed by atoms with Gasteiger partial charge >= 0.3 is 8.25 Å². The maximum absolute atomic E-state index is 11.7. The number of benzene rings is 1. The van der Waals surface area contributed by atoms with Gasteiger partial charge in [0.2, 0.25) is 0 Å². The molecule has 2 atom stereocenters. The average molecular weight is 285 g/mol. The van der Waals surface area contributed by atoms with Gasteiger partial charge in [-0.1, -0.05) is 44.2 Å². The Morgan fingerprint density at radius 1 is 1.37 bits per heavy atom. The van der Waals surface area contributed by atoms with Crippen LogP contribution in [0.1, 0.15) is 31.9 Å². The van der Waals surface area contributed by atoms with E-state index in [0.29, 0.717) is 18.9 Å². The van der Waals surface area contributed by atoms with Crippen molar-refractivity contribution in [3.05, 3.63) is 35.9 Å². The zero-order valence-corrected chi connectivity index (χ0v) is 12.2. The second-order valence-electron chi connectivity index (χ2n) is 4.51. The fourth-order valence-electron chi connectivity index (χ4n) is 1.45. The molecule has 0 aromatic heterocycles. The molecule has 0 saturated carbocycles. The van der Waals surface area contributed by atoms with Crippen LogP contribution in [-0.4, -0.2) is 18.0 Å². The number of hydrogen-bond donors (Lipinski definition) is 1. The molecule has 0 aliphatic rings. The third-order valence-electron chi connectivity index (χ3n) is 2.35. The summed E-state index contributed by atoms with van der Waals surface area (Å²) in [7, 11) is -2.55. The molecule has 5 nitrogen and oxygen atoms in total. The molecular weight excluding hydrogens is 265 g/mol. The van der Waals surface area contributed by atoms with E-state index in [0.717, 1.165) is 5.56 Å². The van der Waals surface area contributed by atoms with Gasteiger partial charge in [-0.15, -0.1) is 5.16 Å². The Kier molecular flexibility index (Phi) is 7.41. The van der Waals surface area contributed by atoms with Crippen molar-refractivity contribution in [1.29, 1.82) is 0 Å². The van der Waals surface area contributed by atoms with Gasteiger partial charge in [0.1, 0.15) is 0 Å². The summed E-state index contributed by atoms with van der Waals surface area (Å²) in [5.41, 5.74) is 0.869. The van der Waals surface area contributed by atoms with E-state index < -0.39 is 14.4 Å². The molecule has 0 heterocycles. The van der Waals surface area contributed by atoms with Crippen molar-refractivity contribution in [3.63, 3.8) is 0 Å². The Morgan fingerprint density at radius 3 is 2.63 bits per heavy atom. The maximum atomic E-state index is 11.7. The lowest BCUT2D eigenvalue weighted by atomic mass is 10.1. The third-order valence-corrected chi connectivity index (χ3v) is 3.22. The van der Waals surface area contributed by atoms with Crippen LogP contribution in [0.15, 0.2) is 35.5 Å². The summed E-state index contributed by atoms with van der Waals surface area (Å²) in [5, 5.41) is 11.4. The zero-order chi connectivity index (χ0) is 14.1. The summed E-state index contributed by atoms with van der Waals surface area (Å²) < 4.78 is 22.3. The highest BCUT2D eigenvalue weighted by atomic mass is 31.1. The number of oxime groups is 1. The lowest BCUT2D eigenvalue weighted by molar-refractivity contribution is 0.160. The van der Waals surface area contributed by atoms with E-state index in [1.807, 2.05) is 44.2 Å². The van der Waals surface area contributed by atoms with Crippen LogP contribution in [0.25, 0.3) is 0 Å². The summed E-state index contributed by atoms with van der Waals surface area (Å²) in [6.45, 7) is 4.35. The van der Waals surface area contributed by atoms with E-state index in [-0.39, 0.29) is 0 Å². The van der Waals surface area contributed by atoms with E-state index in [1.54, 1.807) is 0 Å². The maximum Gasteiger partial charge on any atom is 0.319 e. The van der Waals surface area contributed by atoms with Crippen molar-refractivity contribution in [3.8, 4) is 0 Å². The fourth-order valence-corrected chi connectivity index (χ4v) is 2.45. The van der Waals surface area contributed by atoms with Crippen molar-refractivity contribution in [2.45, 2.75) is 26.4 Å². The first-order valence-electron chi connectivity index (χ1n) is 6.17. The van der Waals surface area contributed by atoms with Crippen molar-refractivity contribution in [2.24, 2.45) is 11.1 Å². The summed E-state index contributed by atoms with van der Waals surface area (Å²) in [6.07, 6.45) is 1.22. The second-order valence-corrected chi connectivity index (χ2v) is 5.53. The molecule has 0 bridgehead atoms. The van der Waals surface area contributed by atoms with E-state index in [9.17, 15) is 4.57 Å². The predicted molar refractivity (Wildman–Crippen MR) is 75.0 cm³/mol. The summed E-state index contributed by atoms with van der Waals surface area (Å²) in [6, 6.07) is 9.36. The highest BCUT2D eigenvalue weighted by Gasteiger charge is 2.15. The monoisotopic (exact) mass is 285 g/mol. The largest absolute Gasteiger partial charge is 0.411 e. The fraction of sp³-hybridized carbons (Fsp3) is 0.462. The zero-order valence-electron chi connectivity index (χ0n) is 11.2. The Labute approximate surface area is 114 Å². The van der Waals surface area contributed by atoms with Crippen LogP contribution in [-0.2, 0) is 13.6 Å². The van der Waals surface area contributed by atoms with Crippen molar-refractivity contribution >= 4 is 14.5 Å². The van der Waals surface area contributed by atoms with E-state index in [4.69, 9.17) is 14.3 Å². The first kappa shape index (κ1) is 15.9. The first-order valence-corrected chi connectivity index (χ1v) is 7.40. The Bertz CT molecular complexity index is 408. The first-order chi connectivity index (χ1) is 9.13. The number of hydrogen-bond acceptors (Lipinski definition) is 5. The van der Waals surface area contributed by atoms with Crippen molar-refractivity contribution in [1.82, 2.24) is 0 Å². The molecule has 0 radical (unpaired) electrons. The highest BCUT2D eigenvalue weighted by Crippen LogP contribution is 2.35. The van der Waals surface area contributed by atoms with Gasteiger partial charge in [0.05, 0.1) is 12.7 Å². The van der Waals surface area contributed by atoms with E-state index in [2.05, 4.69) is 5.16 Å². The molecule has 0 aliphatic carbocycles. The lowest BCUT2D eigenvalue weighted by Crippen LogP contribution is -2.03. The molecular formula is C13H20NO4P. The Hall–Kier alpha value is -1.16. The molecule has 19 heavy (non-hydrogen) atoms. The molecule has 1 aromatic carbocycles. The predicted octanol–water partition coefficient (Wildman–Crippen LogP) is 3.66. The normalized spacial score (nSPS) is 14.9. The van der Waals surface area contributed by atoms with Crippen LogP contribution in [0.2, 0.25) is 0 Å². The van der Waals surface area contributed by atoms with Crippen molar-refractivity contribution in [2.75, 3.05) is 6.61 Å². The van der Waals surface area contributed by atoms with Crippen LogP contribution < -0.4 is 0 Å². The molecule has 1 N–H and O–H groups in total. The standard InChI is InChI=1S/C13H20NO4P/c1-11(2)10-17-19(16)18-13(8-9-14-15)12-6-4-3-5-7-12/h3-7,9,11,13,15,19H,8,10H2,1-2H3. The number of nitrogens with zero attached hydrogens (tertiary/aromatic N) is 1. The minimum absolute atomic E-state index is 0.298. The van der Waals surface area contributed by atoms with Gasteiger partial charge in [-0.3, -0.25) is 4.57 Å². The van der Waals surface area contributed by atoms with E-state index >= 15 is 0 Å². The third kappa shape index (κ3) is 6.53. The van der Waals surface area contributed by atoms with Crippen LogP contribution in [0.5, 0.6) is 0 Å². The molecule has 0 aliphatic heterocycles. The van der Waals surface area contributed by atoms with Crippen molar-refractivity contribution < 1.29 is 18.8 Å². The SMILES string of the molecule is CC(C)CO[PH](=O)OC(CC=NO)c1ccccc1. The molecule has 0 fully saturated rings. The molecule has 1 aromatic rings. The van der Waals surface area contributed by atoms with Gasteiger partial charge in [0.15, 0.2) is 0 Å². The smallest absolute Gasteiger partial charge is 0.319 e. The van der Waals surface area contributed by atoms with Gasteiger partial charge in [0.25, 0.3) is 0 Å². The van der Waals surface area contributed by atoms with Crippen LogP contribution in [0.3, 0.4) is 0 Å². The van der Waals surface area contributed by atoms with Gasteiger partial charge < -0.3 is 14.3 Å². The van der Waals surface area contributed by atoms with Gasteiger partial charge in [-0.25, -0.2) is 0 Å². The van der Waals surface area contributed by atoms with Gasteiger partial charge in [-0.2, -0.15) is 0 Å². The van der Waals surface area contributed by atoms with Crippen LogP contribution in [0, 0.1) is 5.92 Å². The van der Waals surface area contributed by atoms with Crippen LogP contribution >= 0.6 is 8.25 Å². The van der Waals surface area contributed by atoms with E-state index in [1.165, 1.54) is 6.21 Å². The average Bonchev–Trinajstić information content (AvgIpc) is 2.42.